The summed E-state index contributed by atoms with van der Waals surface area (Å²) in [7, 11) is -2.75. The van der Waals surface area contributed by atoms with Crippen molar-refractivity contribution in [1.29, 1.82) is 0 Å². The summed E-state index contributed by atoms with van der Waals surface area (Å²) in [4.78, 5) is 18.3. The molecule has 1 amide bonds. The van der Waals surface area contributed by atoms with Crippen molar-refractivity contribution in [2.45, 2.75) is 49.8 Å². The second kappa shape index (κ2) is 12.8. The molecule has 10 heteroatoms. The fourth-order valence-electron chi connectivity index (χ4n) is 3.54. The molecule has 3 rings (SSSR count). The van der Waals surface area contributed by atoms with E-state index in [1.165, 1.54) is 31.4 Å². The lowest BCUT2D eigenvalue weighted by molar-refractivity contribution is -0.0165. The minimum Gasteiger partial charge on any atom is -0.497 e. The Bertz CT molecular complexity index is 1260. The first kappa shape index (κ1) is 29.0. The van der Waals surface area contributed by atoms with Crippen molar-refractivity contribution in [2.75, 3.05) is 13.7 Å². The Balaban J connectivity index is 1.91. The lowest BCUT2D eigenvalue weighted by Gasteiger charge is -2.30. The molecular weight excluding hydrogens is 508 g/mol. The lowest BCUT2D eigenvalue weighted by Crippen LogP contribution is -2.52. The summed E-state index contributed by atoms with van der Waals surface area (Å²) >= 11 is 0. The van der Waals surface area contributed by atoms with Gasteiger partial charge in [-0.1, -0.05) is 48.5 Å². The second-order valence-electron chi connectivity index (χ2n) is 9.58. The first-order chi connectivity index (χ1) is 18.0. The van der Waals surface area contributed by atoms with E-state index >= 15 is 0 Å². The van der Waals surface area contributed by atoms with Gasteiger partial charge in [-0.3, -0.25) is 0 Å². The van der Waals surface area contributed by atoms with E-state index in [0.29, 0.717) is 5.75 Å². The number of ether oxygens (including phenoxy) is 2. The highest BCUT2D eigenvalue weighted by Gasteiger charge is 2.33. The van der Waals surface area contributed by atoms with Crippen molar-refractivity contribution >= 4 is 16.1 Å². The van der Waals surface area contributed by atoms with Gasteiger partial charge in [-0.2, -0.15) is 0 Å². The van der Waals surface area contributed by atoms with E-state index in [4.69, 9.17) is 14.3 Å². The first-order valence-corrected chi connectivity index (χ1v) is 13.5. The highest BCUT2D eigenvalue weighted by Crippen LogP contribution is 2.23. The number of hydrogen-bond acceptors (Lipinski definition) is 7. The quantitative estimate of drug-likeness (QED) is 0.350. The number of carbonyl (C=O) groups is 1. The lowest BCUT2D eigenvalue weighted by atomic mass is 10.0. The minimum absolute atomic E-state index is 0.0545. The maximum atomic E-state index is 13.6. The van der Waals surface area contributed by atoms with Gasteiger partial charge in [-0.05, 0) is 73.6 Å². The molecule has 2 atom stereocenters. The van der Waals surface area contributed by atoms with Gasteiger partial charge in [0.05, 0.1) is 30.7 Å². The maximum absolute atomic E-state index is 13.6. The van der Waals surface area contributed by atoms with Crippen molar-refractivity contribution in [2.24, 2.45) is 0 Å². The van der Waals surface area contributed by atoms with E-state index in [0.717, 1.165) is 10.0 Å². The van der Waals surface area contributed by atoms with E-state index < -0.39 is 40.4 Å². The standard InChI is InChI=1S/C28H34N2O7S/c1-28(2,3)36-27(32)29-25(19-21-11-7-5-8-12-21)26(31)20-30(37-23-13-9-6-10-14-23)38(33,34)24-17-15-22(35-4)16-18-24/h5-18,25-26,31H,19-20H2,1-4H3,(H,29,32)/t25-,26+/m0/s1. The molecule has 0 fully saturated rings. The number of nitrogens with one attached hydrogen (secondary N) is 1. The van der Waals surface area contributed by atoms with Gasteiger partial charge in [0.15, 0.2) is 0 Å². The Morgan fingerprint density at radius 1 is 0.921 bits per heavy atom. The third kappa shape index (κ3) is 8.47. The minimum atomic E-state index is -4.23. The molecule has 0 saturated heterocycles. The van der Waals surface area contributed by atoms with Crippen molar-refractivity contribution < 1.29 is 32.6 Å². The summed E-state index contributed by atoms with van der Waals surface area (Å²) in [5.74, 6) is 0.750. The van der Waals surface area contributed by atoms with Gasteiger partial charge in [0.25, 0.3) is 10.0 Å². The Morgan fingerprint density at radius 3 is 2.05 bits per heavy atom. The number of aliphatic hydroxyl groups excluding tert-OH is 1. The number of benzene rings is 3. The number of hydroxylamine groups is 1. The number of carbonyl (C=O) groups excluding carboxylic acids is 1. The van der Waals surface area contributed by atoms with E-state index in [2.05, 4.69) is 5.32 Å². The third-order valence-electron chi connectivity index (χ3n) is 5.38. The van der Waals surface area contributed by atoms with Gasteiger partial charge in [-0.25, -0.2) is 13.2 Å². The van der Waals surface area contributed by atoms with Crippen LogP contribution in [0.5, 0.6) is 11.5 Å². The zero-order valence-corrected chi connectivity index (χ0v) is 22.7. The number of rotatable bonds is 11. The van der Waals surface area contributed by atoms with E-state index in [1.807, 2.05) is 30.3 Å². The molecule has 0 radical (unpaired) electrons. The predicted octanol–water partition coefficient (Wildman–Crippen LogP) is 4.18. The van der Waals surface area contributed by atoms with Gasteiger partial charge >= 0.3 is 6.09 Å². The SMILES string of the molecule is COc1ccc(S(=O)(=O)N(C[C@@H](O)[C@H](Cc2ccccc2)NC(=O)OC(C)(C)C)Oc2ccccc2)cc1. The van der Waals surface area contributed by atoms with Crippen LogP contribution in [0.25, 0.3) is 0 Å². The number of alkyl carbamates (subject to hydrolysis) is 1. The van der Waals surface area contributed by atoms with Gasteiger partial charge < -0.3 is 24.7 Å². The number of hydrogen-bond donors (Lipinski definition) is 2. The van der Waals surface area contributed by atoms with E-state index in [9.17, 15) is 18.3 Å². The molecule has 0 aliphatic carbocycles. The average molecular weight is 543 g/mol. The van der Waals surface area contributed by atoms with Gasteiger partial charge in [0.1, 0.15) is 17.1 Å². The molecule has 0 unspecified atom stereocenters. The molecule has 0 aliphatic heterocycles. The topological polar surface area (TPSA) is 114 Å². The summed E-state index contributed by atoms with van der Waals surface area (Å²) in [5, 5.41) is 14.0. The highest BCUT2D eigenvalue weighted by atomic mass is 32.2. The smallest absolute Gasteiger partial charge is 0.407 e. The molecule has 204 valence electrons. The largest absolute Gasteiger partial charge is 0.497 e. The summed E-state index contributed by atoms with van der Waals surface area (Å²) in [6.07, 6.45) is -1.87. The van der Waals surface area contributed by atoms with Crippen LogP contribution in [0, 0.1) is 0 Å². The fraction of sp³-hybridized carbons (Fsp3) is 0.321. The number of sulfonamides is 1. The van der Waals surface area contributed by atoms with Crippen LogP contribution in [-0.4, -0.2) is 55.5 Å². The molecule has 0 aliphatic rings. The van der Waals surface area contributed by atoms with Crippen LogP contribution >= 0.6 is 0 Å². The molecule has 0 bridgehead atoms. The first-order valence-electron chi connectivity index (χ1n) is 12.1. The molecule has 3 aromatic carbocycles. The summed E-state index contributed by atoms with van der Waals surface area (Å²) in [6, 6.07) is 22.5. The van der Waals surface area contributed by atoms with Crippen molar-refractivity contribution in [3.63, 3.8) is 0 Å². The van der Waals surface area contributed by atoms with Crippen LogP contribution in [0.2, 0.25) is 0 Å². The number of amides is 1. The van der Waals surface area contributed by atoms with Gasteiger partial charge in [0, 0.05) is 0 Å². The van der Waals surface area contributed by atoms with Crippen LogP contribution in [-0.2, 0) is 21.2 Å². The summed E-state index contributed by atoms with van der Waals surface area (Å²) < 4.78 is 38.4. The zero-order valence-electron chi connectivity index (χ0n) is 21.9. The number of methoxy groups -OCH3 is 1. The molecule has 2 N–H and O–H groups in total. The predicted molar refractivity (Wildman–Crippen MR) is 143 cm³/mol. The van der Waals surface area contributed by atoms with Crippen LogP contribution in [0.3, 0.4) is 0 Å². The average Bonchev–Trinajstić information content (AvgIpc) is 2.88. The molecule has 3 aromatic rings. The van der Waals surface area contributed by atoms with Crippen LogP contribution in [0.15, 0.2) is 89.8 Å². The number of nitrogens with zero attached hydrogens (tertiary/aromatic N) is 1. The molecule has 9 nitrogen and oxygen atoms in total. The molecule has 0 heterocycles. The molecule has 0 spiro atoms. The number of aliphatic hydroxyl groups is 1. The fourth-order valence-corrected chi connectivity index (χ4v) is 4.79. The van der Waals surface area contributed by atoms with E-state index in [1.54, 1.807) is 51.1 Å². The van der Waals surface area contributed by atoms with Crippen LogP contribution < -0.4 is 14.9 Å². The van der Waals surface area contributed by atoms with Crippen molar-refractivity contribution in [1.82, 2.24) is 9.79 Å². The van der Waals surface area contributed by atoms with Crippen LogP contribution in [0.4, 0.5) is 4.79 Å². The Morgan fingerprint density at radius 2 is 1.50 bits per heavy atom. The van der Waals surface area contributed by atoms with E-state index in [-0.39, 0.29) is 17.1 Å². The molecular formula is C28H34N2O7S. The van der Waals surface area contributed by atoms with Crippen molar-refractivity contribution in [3.05, 3.63) is 90.5 Å². The van der Waals surface area contributed by atoms with Gasteiger partial charge in [-0.15, -0.1) is 0 Å². The monoisotopic (exact) mass is 542 g/mol. The Kier molecular flexibility index (Phi) is 9.73. The summed E-state index contributed by atoms with van der Waals surface area (Å²) in [6.45, 7) is 4.71. The summed E-state index contributed by atoms with van der Waals surface area (Å²) in [5.41, 5.74) is 0.0769. The van der Waals surface area contributed by atoms with Crippen molar-refractivity contribution in [3.8, 4) is 11.5 Å². The Hall–Kier alpha value is -3.60. The third-order valence-corrected chi connectivity index (χ3v) is 7.00. The normalized spacial score (nSPS) is 13.4. The Labute approximate surface area is 224 Å². The molecule has 0 aromatic heterocycles. The maximum Gasteiger partial charge on any atom is 0.407 e. The molecule has 0 saturated carbocycles. The number of para-hydroxylation sites is 1. The van der Waals surface area contributed by atoms with Gasteiger partial charge in [0.2, 0.25) is 0 Å². The van der Waals surface area contributed by atoms with Crippen LogP contribution in [0.1, 0.15) is 26.3 Å². The highest BCUT2D eigenvalue weighted by molar-refractivity contribution is 7.89. The zero-order chi connectivity index (χ0) is 27.8. The second-order valence-corrected chi connectivity index (χ2v) is 11.4. The molecule has 38 heavy (non-hydrogen) atoms.